The number of likely N-dealkylation sites (tertiary alicyclic amines) is 1. The van der Waals surface area contributed by atoms with Crippen molar-refractivity contribution in [2.75, 3.05) is 6.54 Å². The van der Waals surface area contributed by atoms with Crippen LogP contribution in [0.15, 0.2) is 0 Å². The summed E-state index contributed by atoms with van der Waals surface area (Å²) in [6, 6.07) is 0.985. The fourth-order valence-electron chi connectivity index (χ4n) is 5.15. The molecule has 1 saturated heterocycles. The largest absolute Gasteiger partial charge is 0.294 e. The third-order valence-electron chi connectivity index (χ3n) is 6.11. The van der Waals surface area contributed by atoms with Crippen LogP contribution in [0.4, 0.5) is 0 Å². The van der Waals surface area contributed by atoms with Crippen LogP contribution in [-0.2, 0) is 0 Å². The van der Waals surface area contributed by atoms with E-state index in [0.29, 0.717) is 11.0 Å². The van der Waals surface area contributed by atoms with Gasteiger partial charge in [0.15, 0.2) is 0 Å². The third-order valence-corrected chi connectivity index (χ3v) is 6.11. The molecule has 1 heteroatoms. The molecule has 0 amide bonds. The van der Waals surface area contributed by atoms with Gasteiger partial charge in [0.05, 0.1) is 0 Å². The maximum Gasteiger partial charge on any atom is 0.0214 e. The second kappa shape index (κ2) is 3.53. The van der Waals surface area contributed by atoms with E-state index in [4.69, 9.17) is 0 Å². The van der Waals surface area contributed by atoms with Crippen molar-refractivity contribution in [2.24, 2.45) is 22.7 Å². The van der Waals surface area contributed by atoms with Crippen LogP contribution in [0.3, 0.4) is 0 Å². The van der Waals surface area contributed by atoms with Crippen LogP contribution < -0.4 is 0 Å². The van der Waals surface area contributed by atoms with Crippen molar-refractivity contribution in [2.45, 2.75) is 78.8 Å². The molecule has 1 spiro atoms. The van der Waals surface area contributed by atoms with E-state index in [9.17, 15) is 0 Å². The van der Waals surface area contributed by atoms with E-state index < -0.39 is 0 Å². The molecular weight excluding hydrogens is 218 g/mol. The van der Waals surface area contributed by atoms with E-state index in [2.05, 4.69) is 46.4 Å². The lowest BCUT2D eigenvalue weighted by molar-refractivity contribution is -0.0452. The smallest absolute Gasteiger partial charge is 0.0214 e. The van der Waals surface area contributed by atoms with Gasteiger partial charge in [0.25, 0.3) is 0 Å². The highest BCUT2D eigenvalue weighted by Crippen LogP contribution is 2.90. The summed E-state index contributed by atoms with van der Waals surface area (Å²) in [5, 5.41) is 0. The van der Waals surface area contributed by atoms with Gasteiger partial charge in [-0.3, -0.25) is 4.90 Å². The van der Waals surface area contributed by atoms with E-state index in [1.54, 1.807) is 0 Å². The van der Waals surface area contributed by atoms with Crippen LogP contribution in [-0.4, -0.2) is 23.0 Å². The van der Waals surface area contributed by atoms with Gasteiger partial charge < -0.3 is 0 Å². The van der Waals surface area contributed by atoms with Crippen molar-refractivity contribution in [3.8, 4) is 0 Å². The first kappa shape index (κ1) is 13.0. The second-order valence-corrected chi connectivity index (χ2v) is 8.82. The molecule has 1 heterocycles. The Kier molecular flexibility index (Phi) is 2.55. The molecule has 4 atom stereocenters. The van der Waals surface area contributed by atoms with E-state index >= 15 is 0 Å². The van der Waals surface area contributed by atoms with Crippen molar-refractivity contribution >= 4 is 0 Å². The molecule has 3 aliphatic rings. The van der Waals surface area contributed by atoms with Gasteiger partial charge in [-0.15, -0.1) is 0 Å². The van der Waals surface area contributed by atoms with Crippen molar-refractivity contribution in [1.29, 1.82) is 0 Å². The van der Waals surface area contributed by atoms with E-state index in [0.717, 1.165) is 23.3 Å². The zero-order chi connectivity index (χ0) is 13.3. The minimum atomic E-state index is 0.459. The summed E-state index contributed by atoms with van der Waals surface area (Å²) >= 11 is 0. The summed E-state index contributed by atoms with van der Waals surface area (Å²) in [5.74, 6) is 2.11. The van der Waals surface area contributed by atoms with Crippen LogP contribution in [0, 0.1) is 22.7 Å². The fourth-order valence-corrected chi connectivity index (χ4v) is 5.15. The maximum absolute atomic E-state index is 2.83. The van der Waals surface area contributed by atoms with E-state index in [1.807, 2.05) is 0 Å². The summed E-state index contributed by atoms with van der Waals surface area (Å²) in [6.45, 7) is 16.0. The Morgan fingerprint density at radius 1 is 1.11 bits per heavy atom. The highest BCUT2D eigenvalue weighted by atomic mass is 15.4. The van der Waals surface area contributed by atoms with Gasteiger partial charge in [0.2, 0.25) is 0 Å². The molecule has 2 aliphatic carbocycles. The number of hydrogen-bond acceptors (Lipinski definition) is 1. The lowest BCUT2D eigenvalue weighted by Crippen LogP contribution is -2.60. The SMILES string of the molecule is CCCCCC(C)(C)N1CC23C(C(C)(C)C)[C@H]2[C@@H]13. The summed E-state index contributed by atoms with van der Waals surface area (Å²) in [6.07, 6.45) is 5.55. The Morgan fingerprint density at radius 2 is 1.78 bits per heavy atom. The minimum absolute atomic E-state index is 0.459. The zero-order valence-corrected chi connectivity index (χ0v) is 13.2. The van der Waals surface area contributed by atoms with Gasteiger partial charge >= 0.3 is 0 Å². The average Bonchev–Trinajstić information content (AvgIpc) is 2.99. The molecule has 2 saturated carbocycles. The topological polar surface area (TPSA) is 3.24 Å². The fraction of sp³-hybridized carbons (Fsp3) is 1.00. The molecular formula is C17H31N. The summed E-state index contributed by atoms with van der Waals surface area (Å²) in [5.41, 5.74) is 1.82. The van der Waals surface area contributed by atoms with Crippen molar-refractivity contribution in [1.82, 2.24) is 4.90 Å². The number of fused-ring (bicyclic) bond motifs is 1. The molecule has 0 radical (unpaired) electrons. The number of nitrogens with zero attached hydrogens (tertiary/aromatic N) is 1. The van der Waals surface area contributed by atoms with Crippen molar-refractivity contribution < 1.29 is 0 Å². The van der Waals surface area contributed by atoms with Gasteiger partial charge in [-0.1, -0.05) is 47.0 Å². The molecule has 0 N–H and O–H groups in total. The maximum atomic E-state index is 2.83. The molecule has 104 valence electrons. The minimum Gasteiger partial charge on any atom is -0.294 e. The lowest BCUT2D eigenvalue weighted by Gasteiger charge is -2.52. The summed E-state index contributed by atoms with van der Waals surface area (Å²) in [7, 11) is 0. The number of piperidine rings is 1. The highest BCUT2D eigenvalue weighted by Gasteiger charge is 2.95. The molecule has 3 rings (SSSR count). The number of rotatable bonds is 5. The Labute approximate surface area is 113 Å². The van der Waals surface area contributed by atoms with Crippen LogP contribution in [0.1, 0.15) is 67.2 Å². The molecule has 3 fully saturated rings. The molecule has 18 heavy (non-hydrogen) atoms. The first-order chi connectivity index (χ1) is 8.27. The van der Waals surface area contributed by atoms with Gasteiger partial charge in [0.1, 0.15) is 0 Å². The molecule has 0 aromatic carbocycles. The van der Waals surface area contributed by atoms with Gasteiger partial charge in [-0.05, 0) is 37.5 Å². The molecule has 2 unspecified atom stereocenters. The predicted octanol–water partition coefficient (Wildman–Crippen LogP) is 4.32. The zero-order valence-electron chi connectivity index (χ0n) is 13.2. The van der Waals surface area contributed by atoms with E-state index in [1.165, 1.54) is 32.2 Å². The Balaban J connectivity index is 1.53. The average molecular weight is 249 g/mol. The third kappa shape index (κ3) is 1.49. The first-order valence-electron chi connectivity index (χ1n) is 8.03. The normalized spacial score (nSPS) is 42.0. The monoisotopic (exact) mass is 249 g/mol. The summed E-state index contributed by atoms with van der Waals surface area (Å²) < 4.78 is 0. The number of hydrogen-bond donors (Lipinski definition) is 0. The van der Waals surface area contributed by atoms with Crippen LogP contribution >= 0.6 is 0 Å². The summed E-state index contributed by atoms with van der Waals surface area (Å²) in [4.78, 5) is 2.83. The van der Waals surface area contributed by atoms with Gasteiger partial charge in [-0.2, -0.15) is 0 Å². The quantitative estimate of drug-likeness (QED) is 0.656. The lowest BCUT2D eigenvalue weighted by atomic mass is 9.74. The molecule has 1 aliphatic heterocycles. The Morgan fingerprint density at radius 3 is 2.22 bits per heavy atom. The molecule has 0 aromatic heterocycles. The first-order valence-corrected chi connectivity index (χ1v) is 8.03. The van der Waals surface area contributed by atoms with E-state index in [-0.39, 0.29) is 0 Å². The van der Waals surface area contributed by atoms with Crippen LogP contribution in [0.5, 0.6) is 0 Å². The Bertz CT molecular complexity index is 351. The van der Waals surface area contributed by atoms with Crippen LogP contribution in [0.2, 0.25) is 0 Å². The molecule has 0 bridgehead atoms. The van der Waals surface area contributed by atoms with Gasteiger partial charge in [-0.25, -0.2) is 0 Å². The van der Waals surface area contributed by atoms with Gasteiger partial charge in [0, 0.05) is 23.5 Å². The standard InChI is InChI=1S/C17H31N/c1-7-8-9-10-16(5,6)18-11-17-12(14(17)18)13(17)15(2,3)4/h12-14H,7-11H2,1-6H3/t12-,13?,14+,17?/m0/s1. The Hall–Kier alpha value is -0.0400. The highest BCUT2D eigenvalue weighted by molar-refractivity contribution is 5.45. The van der Waals surface area contributed by atoms with Crippen LogP contribution in [0.25, 0.3) is 0 Å². The van der Waals surface area contributed by atoms with Crippen molar-refractivity contribution in [3.05, 3.63) is 0 Å². The predicted molar refractivity (Wildman–Crippen MR) is 77.6 cm³/mol. The molecule has 1 nitrogen and oxygen atoms in total. The number of unbranched alkanes of at least 4 members (excludes halogenated alkanes) is 2. The van der Waals surface area contributed by atoms with Crippen molar-refractivity contribution in [3.63, 3.8) is 0 Å². The molecule has 0 aromatic rings. The second-order valence-electron chi connectivity index (χ2n) is 8.82.